The lowest BCUT2D eigenvalue weighted by Crippen LogP contribution is -2.06. The number of alkyl halides is 1. The summed E-state index contributed by atoms with van der Waals surface area (Å²) in [6, 6.07) is 0. The third kappa shape index (κ3) is 95.3. The second-order valence-corrected chi connectivity index (χ2v) is 1.97. The standard InChI is InChI=1S/CH3ClO2S/c2-1(3,4)5/h3-5H. The highest BCUT2D eigenvalue weighted by molar-refractivity contribution is 7.82. The number of hydrogen-bond donors (Lipinski definition) is 3. The minimum absolute atomic E-state index is 2.33. The number of thiol groups is 1. The van der Waals surface area contributed by atoms with Crippen LogP contribution in [0.2, 0.25) is 0 Å². The fraction of sp³-hybridized carbons (Fsp3) is 1.00. The molecule has 0 aromatic carbocycles. The molecule has 0 atom stereocenters. The Morgan fingerprint density at radius 1 is 1.60 bits per heavy atom. The van der Waals surface area contributed by atoms with E-state index < -0.39 is 4.58 Å². The highest BCUT2D eigenvalue weighted by Crippen LogP contribution is 2.07. The van der Waals surface area contributed by atoms with E-state index in [1.807, 2.05) is 0 Å². The predicted molar refractivity (Wildman–Crippen MR) is 22.0 cm³/mol. The maximum atomic E-state index is 7.71. The van der Waals surface area contributed by atoms with E-state index in [9.17, 15) is 0 Å². The van der Waals surface area contributed by atoms with E-state index in [1.54, 1.807) is 0 Å². The van der Waals surface area contributed by atoms with E-state index in [0.29, 0.717) is 0 Å². The molecule has 4 heteroatoms. The Hall–Kier alpha value is 0.560. The molecule has 0 spiro atoms. The minimum atomic E-state index is -2.33. The molecule has 5 heavy (non-hydrogen) atoms. The maximum Gasteiger partial charge on any atom is 0.292 e. The van der Waals surface area contributed by atoms with Crippen LogP contribution in [-0.4, -0.2) is 14.8 Å². The van der Waals surface area contributed by atoms with Crippen LogP contribution in [0.3, 0.4) is 0 Å². The van der Waals surface area contributed by atoms with Crippen LogP contribution in [0, 0.1) is 0 Å². The molecule has 32 valence electrons. The lowest BCUT2D eigenvalue weighted by Gasteiger charge is -1.98. The average molecular weight is 115 g/mol. The summed E-state index contributed by atoms with van der Waals surface area (Å²) >= 11 is 7.50. The van der Waals surface area contributed by atoms with E-state index in [2.05, 4.69) is 24.2 Å². The Morgan fingerprint density at radius 2 is 1.60 bits per heavy atom. The molecule has 0 radical (unpaired) electrons. The van der Waals surface area contributed by atoms with Gasteiger partial charge in [-0.1, -0.05) is 12.6 Å². The van der Waals surface area contributed by atoms with Crippen LogP contribution in [0.5, 0.6) is 0 Å². The largest absolute Gasteiger partial charge is 0.345 e. The van der Waals surface area contributed by atoms with Gasteiger partial charge in [-0.15, -0.1) is 0 Å². The lowest BCUT2D eigenvalue weighted by molar-refractivity contribution is 0.00128. The highest BCUT2D eigenvalue weighted by Gasteiger charge is 2.06. The van der Waals surface area contributed by atoms with Crippen LogP contribution in [0.15, 0.2) is 0 Å². The second-order valence-electron chi connectivity index (χ2n) is 0.554. The minimum Gasteiger partial charge on any atom is -0.345 e. The molecule has 0 unspecified atom stereocenters. The molecule has 0 aliphatic rings. The summed E-state index contributed by atoms with van der Waals surface area (Å²) in [4.78, 5) is 0. The van der Waals surface area contributed by atoms with Crippen molar-refractivity contribution in [3.63, 3.8) is 0 Å². The molecule has 0 aliphatic heterocycles. The first-order valence-corrected chi connectivity index (χ1v) is 1.68. The number of aliphatic hydroxyl groups is 2. The normalized spacial score (nSPS) is 12.0. The van der Waals surface area contributed by atoms with Crippen molar-refractivity contribution in [3.8, 4) is 0 Å². The third-order valence-electron chi connectivity index (χ3n) is 0. The fourth-order valence-electron chi connectivity index (χ4n) is 0. The second kappa shape index (κ2) is 1.34. The molecule has 0 aromatic heterocycles. The first-order chi connectivity index (χ1) is 2.00. The molecule has 0 saturated heterocycles. The number of rotatable bonds is 0. The monoisotopic (exact) mass is 114 g/mol. The summed E-state index contributed by atoms with van der Waals surface area (Å²) in [6.07, 6.45) is 0. The van der Waals surface area contributed by atoms with E-state index in [1.165, 1.54) is 0 Å². The predicted octanol–water partition coefficient (Wildman–Crippen LogP) is -0.249. The zero-order valence-corrected chi connectivity index (χ0v) is 3.87. The number of halogens is 1. The van der Waals surface area contributed by atoms with Gasteiger partial charge in [-0.25, -0.2) is 0 Å². The van der Waals surface area contributed by atoms with Gasteiger partial charge in [0.2, 0.25) is 0 Å². The van der Waals surface area contributed by atoms with Crippen LogP contribution in [0.4, 0.5) is 0 Å². The van der Waals surface area contributed by atoms with Gasteiger partial charge in [0.1, 0.15) is 0 Å². The van der Waals surface area contributed by atoms with E-state index in [0.717, 1.165) is 0 Å². The SMILES string of the molecule is OC(O)(S)Cl. The van der Waals surface area contributed by atoms with Crippen LogP contribution in [-0.2, 0) is 0 Å². The van der Waals surface area contributed by atoms with E-state index >= 15 is 0 Å². The van der Waals surface area contributed by atoms with Crippen molar-refractivity contribution in [2.45, 2.75) is 4.58 Å². The Morgan fingerprint density at radius 3 is 1.60 bits per heavy atom. The molecule has 0 aliphatic carbocycles. The van der Waals surface area contributed by atoms with Crippen molar-refractivity contribution >= 4 is 24.2 Å². The van der Waals surface area contributed by atoms with E-state index in [4.69, 9.17) is 10.2 Å². The van der Waals surface area contributed by atoms with Crippen molar-refractivity contribution < 1.29 is 10.2 Å². The molecule has 0 rings (SSSR count). The molecule has 0 aromatic rings. The Balaban J connectivity index is 3.02. The van der Waals surface area contributed by atoms with Gasteiger partial charge in [0.15, 0.2) is 0 Å². The van der Waals surface area contributed by atoms with Crippen molar-refractivity contribution in [1.29, 1.82) is 0 Å². The van der Waals surface area contributed by atoms with Crippen LogP contribution in [0.25, 0.3) is 0 Å². The molecule has 0 saturated carbocycles. The Bertz CT molecular complexity index is 25.1. The summed E-state index contributed by atoms with van der Waals surface area (Å²) in [6.45, 7) is 0. The van der Waals surface area contributed by atoms with Crippen LogP contribution < -0.4 is 0 Å². The molecule has 0 amide bonds. The zero-order valence-electron chi connectivity index (χ0n) is 2.22. The van der Waals surface area contributed by atoms with Crippen molar-refractivity contribution in [1.82, 2.24) is 0 Å². The summed E-state index contributed by atoms with van der Waals surface area (Å²) in [7, 11) is 0. The van der Waals surface area contributed by atoms with Crippen molar-refractivity contribution in [2.75, 3.05) is 0 Å². The van der Waals surface area contributed by atoms with Crippen LogP contribution >= 0.6 is 24.2 Å². The fourth-order valence-corrected chi connectivity index (χ4v) is 0. The summed E-state index contributed by atoms with van der Waals surface area (Å²) < 4.78 is -2.33. The van der Waals surface area contributed by atoms with Gasteiger partial charge >= 0.3 is 0 Å². The highest BCUT2D eigenvalue weighted by atomic mass is 35.5. The van der Waals surface area contributed by atoms with Gasteiger partial charge in [-0.3, -0.25) is 0 Å². The number of hydrogen-bond acceptors (Lipinski definition) is 3. The Kier molecular flexibility index (Phi) is 1.49. The van der Waals surface area contributed by atoms with Gasteiger partial charge in [-0.05, 0) is 11.6 Å². The molecular weight excluding hydrogens is 112 g/mol. The van der Waals surface area contributed by atoms with Gasteiger partial charge in [0.05, 0.1) is 0 Å². The topological polar surface area (TPSA) is 40.5 Å². The van der Waals surface area contributed by atoms with E-state index in [-0.39, 0.29) is 0 Å². The van der Waals surface area contributed by atoms with Gasteiger partial charge in [0, 0.05) is 0 Å². The average Bonchev–Trinajstić information content (AvgIpc) is 0.722. The van der Waals surface area contributed by atoms with Crippen LogP contribution in [0.1, 0.15) is 0 Å². The lowest BCUT2D eigenvalue weighted by atomic mass is 11.5. The summed E-state index contributed by atoms with van der Waals surface area (Å²) in [5.74, 6) is 0. The molecule has 0 fully saturated rings. The maximum absolute atomic E-state index is 7.71. The molecular formula is CH3ClO2S. The first-order valence-electron chi connectivity index (χ1n) is 0.860. The van der Waals surface area contributed by atoms with Crippen molar-refractivity contribution in [2.24, 2.45) is 0 Å². The summed E-state index contributed by atoms with van der Waals surface area (Å²) in [5, 5.41) is 15.4. The first kappa shape index (κ1) is 5.56. The molecule has 2 nitrogen and oxygen atoms in total. The Labute approximate surface area is 39.8 Å². The summed E-state index contributed by atoms with van der Waals surface area (Å²) in [5.41, 5.74) is 0. The van der Waals surface area contributed by atoms with Gasteiger partial charge < -0.3 is 10.2 Å². The van der Waals surface area contributed by atoms with Crippen molar-refractivity contribution in [3.05, 3.63) is 0 Å². The van der Waals surface area contributed by atoms with Gasteiger partial charge in [-0.2, -0.15) is 0 Å². The molecule has 0 bridgehead atoms. The third-order valence-corrected chi connectivity index (χ3v) is 0. The zero-order chi connectivity index (χ0) is 4.50. The smallest absolute Gasteiger partial charge is 0.292 e. The molecule has 0 heterocycles. The quantitative estimate of drug-likeness (QED) is 0.231. The van der Waals surface area contributed by atoms with Gasteiger partial charge in [0.25, 0.3) is 4.58 Å². The molecule has 2 N–H and O–H groups in total.